The molecule has 11 heteroatoms. The van der Waals surface area contributed by atoms with E-state index in [4.69, 9.17) is 4.42 Å². The average Bonchev–Trinajstić information content (AvgIpc) is 3.37. The maximum atomic E-state index is 12.8. The van der Waals surface area contributed by atoms with Gasteiger partial charge in [0.15, 0.2) is 0 Å². The van der Waals surface area contributed by atoms with Crippen molar-refractivity contribution < 1.29 is 23.7 Å². The fourth-order valence-electron chi connectivity index (χ4n) is 3.42. The van der Waals surface area contributed by atoms with Crippen LogP contribution < -0.4 is 5.32 Å². The number of furan rings is 1. The molecule has 9 nitrogen and oxygen atoms in total. The number of halogens is 1. The smallest absolute Gasteiger partial charge is 0.294 e. The van der Waals surface area contributed by atoms with Gasteiger partial charge in [-0.3, -0.25) is 29.4 Å². The van der Waals surface area contributed by atoms with Crippen molar-refractivity contribution in [3.63, 3.8) is 0 Å². The zero-order chi connectivity index (χ0) is 25.3. The molecule has 2 heterocycles. The molecule has 0 atom stereocenters. The van der Waals surface area contributed by atoms with Crippen LogP contribution in [0, 0.1) is 24.0 Å². The minimum Gasteiger partial charge on any atom is -0.457 e. The van der Waals surface area contributed by atoms with E-state index >= 15 is 0 Å². The number of nitrogens with zero attached hydrogens (tertiary/aromatic N) is 2. The molecule has 0 aliphatic carbocycles. The number of anilines is 1. The summed E-state index contributed by atoms with van der Waals surface area (Å²) < 4.78 is 6.45. The lowest BCUT2D eigenvalue weighted by atomic mass is 10.0. The topological polar surface area (TPSA) is 123 Å². The van der Waals surface area contributed by atoms with Crippen molar-refractivity contribution in [2.24, 2.45) is 0 Å². The van der Waals surface area contributed by atoms with Crippen LogP contribution in [0.2, 0.25) is 0 Å². The summed E-state index contributed by atoms with van der Waals surface area (Å²) in [6, 6.07) is 13.4. The van der Waals surface area contributed by atoms with Crippen molar-refractivity contribution in [3.8, 4) is 11.3 Å². The van der Waals surface area contributed by atoms with Crippen molar-refractivity contribution in [1.82, 2.24) is 4.90 Å². The van der Waals surface area contributed by atoms with Crippen LogP contribution in [0.15, 0.2) is 62.3 Å². The summed E-state index contributed by atoms with van der Waals surface area (Å²) in [6.45, 7) is 3.03. The molecule has 0 bridgehead atoms. The quantitative estimate of drug-likeness (QED) is 0.228. The SMILES string of the molecule is Cc1cc(-c2ccc(/C=C3/SC(=O)N(CC(=O)Nc4ccccc4Br)C3=O)o2)cc([N+](=O)[O-])c1C. The van der Waals surface area contributed by atoms with Gasteiger partial charge in [-0.2, -0.15) is 0 Å². The predicted octanol–water partition coefficient (Wildman–Crippen LogP) is 5.91. The number of aryl methyl sites for hydroxylation is 1. The number of nitro benzene ring substituents is 1. The molecule has 1 aliphatic heterocycles. The Morgan fingerprint density at radius 2 is 1.94 bits per heavy atom. The number of hydrogen-bond acceptors (Lipinski definition) is 7. The molecule has 1 saturated heterocycles. The maximum Gasteiger partial charge on any atom is 0.294 e. The lowest BCUT2D eigenvalue weighted by Gasteiger charge is -2.13. The van der Waals surface area contributed by atoms with Crippen LogP contribution in [0.5, 0.6) is 0 Å². The second-order valence-corrected chi connectivity index (χ2v) is 9.54. The van der Waals surface area contributed by atoms with Gasteiger partial charge in [-0.25, -0.2) is 0 Å². The number of nitro groups is 1. The third-order valence-electron chi connectivity index (χ3n) is 5.34. The lowest BCUT2D eigenvalue weighted by molar-refractivity contribution is -0.385. The highest BCUT2D eigenvalue weighted by Gasteiger charge is 2.36. The fourth-order valence-corrected chi connectivity index (χ4v) is 4.62. The monoisotopic (exact) mass is 555 g/mol. The van der Waals surface area contributed by atoms with Gasteiger partial charge >= 0.3 is 0 Å². The molecule has 1 aliphatic rings. The molecule has 1 aromatic heterocycles. The third kappa shape index (κ3) is 5.20. The molecular formula is C24H18BrN3O6S. The number of amides is 3. The molecule has 0 radical (unpaired) electrons. The molecule has 1 N–H and O–H groups in total. The Balaban J connectivity index is 1.50. The van der Waals surface area contributed by atoms with Crippen molar-refractivity contribution in [1.29, 1.82) is 0 Å². The highest BCUT2D eigenvalue weighted by Crippen LogP contribution is 2.35. The molecular weight excluding hydrogens is 538 g/mol. The van der Waals surface area contributed by atoms with E-state index < -0.39 is 28.5 Å². The van der Waals surface area contributed by atoms with Crippen LogP contribution in [0.3, 0.4) is 0 Å². The normalized spacial score (nSPS) is 14.6. The number of carbonyl (C=O) groups is 3. The van der Waals surface area contributed by atoms with Gasteiger partial charge in [-0.1, -0.05) is 12.1 Å². The largest absolute Gasteiger partial charge is 0.457 e. The molecule has 4 rings (SSSR count). The van der Waals surface area contributed by atoms with E-state index in [-0.39, 0.29) is 10.6 Å². The Labute approximate surface area is 212 Å². The summed E-state index contributed by atoms with van der Waals surface area (Å²) in [5.41, 5.74) is 2.35. The molecule has 3 aromatic rings. The summed E-state index contributed by atoms with van der Waals surface area (Å²) in [6.07, 6.45) is 1.41. The van der Waals surface area contributed by atoms with Gasteiger partial charge in [0.2, 0.25) is 5.91 Å². The van der Waals surface area contributed by atoms with Crippen LogP contribution in [0.1, 0.15) is 16.9 Å². The first-order valence-corrected chi connectivity index (χ1v) is 11.9. The highest BCUT2D eigenvalue weighted by molar-refractivity contribution is 9.10. The Kier molecular flexibility index (Phi) is 6.90. The van der Waals surface area contributed by atoms with Gasteiger partial charge in [0.25, 0.3) is 16.8 Å². The van der Waals surface area contributed by atoms with Crippen molar-refractivity contribution >= 4 is 62.2 Å². The van der Waals surface area contributed by atoms with E-state index in [9.17, 15) is 24.5 Å². The summed E-state index contributed by atoms with van der Waals surface area (Å²) in [7, 11) is 0. The highest BCUT2D eigenvalue weighted by atomic mass is 79.9. The molecule has 3 amide bonds. The first-order valence-electron chi connectivity index (χ1n) is 10.3. The predicted molar refractivity (Wildman–Crippen MR) is 136 cm³/mol. The van der Waals surface area contributed by atoms with Crippen LogP contribution in [0.25, 0.3) is 17.4 Å². The zero-order valence-corrected chi connectivity index (χ0v) is 20.9. The first-order chi connectivity index (χ1) is 16.6. The van der Waals surface area contributed by atoms with Crippen LogP contribution in [0.4, 0.5) is 16.2 Å². The van der Waals surface area contributed by atoms with Gasteiger partial charge < -0.3 is 9.73 Å². The zero-order valence-electron chi connectivity index (χ0n) is 18.5. The summed E-state index contributed by atoms with van der Waals surface area (Å²) in [5.74, 6) is -0.447. The van der Waals surface area contributed by atoms with Crippen LogP contribution in [-0.2, 0) is 9.59 Å². The van der Waals surface area contributed by atoms with E-state index in [0.29, 0.717) is 44.6 Å². The molecule has 178 valence electrons. The molecule has 0 saturated carbocycles. The van der Waals surface area contributed by atoms with E-state index in [2.05, 4.69) is 21.2 Å². The van der Waals surface area contributed by atoms with E-state index in [1.807, 2.05) is 0 Å². The molecule has 0 unspecified atom stereocenters. The van der Waals surface area contributed by atoms with E-state index in [1.165, 1.54) is 12.1 Å². The van der Waals surface area contributed by atoms with Crippen molar-refractivity contribution in [2.75, 3.05) is 11.9 Å². The second-order valence-electron chi connectivity index (χ2n) is 7.69. The van der Waals surface area contributed by atoms with Gasteiger partial charge in [0.1, 0.15) is 18.1 Å². The van der Waals surface area contributed by atoms with Gasteiger partial charge in [0, 0.05) is 27.7 Å². The Morgan fingerprint density at radius 3 is 2.66 bits per heavy atom. The average molecular weight is 556 g/mol. The Morgan fingerprint density at radius 1 is 1.20 bits per heavy atom. The number of nitrogens with one attached hydrogen (secondary N) is 1. The fraction of sp³-hybridized carbons (Fsp3) is 0.125. The van der Waals surface area contributed by atoms with Crippen molar-refractivity contribution in [3.05, 3.63) is 84.9 Å². The van der Waals surface area contributed by atoms with Crippen molar-refractivity contribution in [2.45, 2.75) is 13.8 Å². The van der Waals surface area contributed by atoms with E-state index in [0.717, 1.165) is 10.5 Å². The second kappa shape index (κ2) is 9.88. The number of thioether (sulfide) groups is 1. The molecule has 0 spiro atoms. The molecule has 1 fully saturated rings. The Hall–Kier alpha value is -3.70. The minimum atomic E-state index is -0.609. The third-order valence-corrected chi connectivity index (χ3v) is 6.94. The Bertz CT molecular complexity index is 1410. The molecule has 35 heavy (non-hydrogen) atoms. The van der Waals surface area contributed by atoms with Crippen LogP contribution in [-0.4, -0.2) is 33.4 Å². The van der Waals surface area contributed by atoms with E-state index in [1.54, 1.807) is 56.3 Å². The number of hydrogen-bond donors (Lipinski definition) is 1. The van der Waals surface area contributed by atoms with Gasteiger partial charge in [-0.05, 0) is 77.4 Å². The summed E-state index contributed by atoms with van der Waals surface area (Å²) in [4.78, 5) is 49.4. The first kappa shape index (κ1) is 24.4. The number of benzene rings is 2. The maximum absolute atomic E-state index is 12.8. The van der Waals surface area contributed by atoms with Gasteiger partial charge in [0.05, 0.1) is 15.5 Å². The van der Waals surface area contributed by atoms with Crippen LogP contribution >= 0.6 is 27.7 Å². The standard InChI is InChI=1S/C24H18BrN3O6S/c1-13-9-15(10-19(14(13)2)28(32)33)20-8-7-16(34-20)11-21-23(30)27(24(31)35-21)12-22(29)26-18-6-4-3-5-17(18)25/h3-11H,12H2,1-2H3,(H,26,29)/b21-11+. The lowest BCUT2D eigenvalue weighted by Crippen LogP contribution is -2.36. The number of rotatable bonds is 6. The summed E-state index contributed by atoms with van der Waals surface area (Å²) >= 11 is 4.03. The number of carbonyl (C=O) groups excluding carboxylic acids is 3. The molecule has 2 aromatic carbocycles. The number of para-hydroxylation sites is 1. The number of imide groups is 1. The minimum absolute atomic E-state index is 0.0140. The summed E-state index contributed by atoms with van der Waals surface area (Å²) in [5, 5.41) is 13.4. The van der Waals surface area contributed by atoms with Gasteiger partial charge in [-0.15, -0.1) is 0 Å².